The number of aromatic nitrogens is 2. The van der Waals surface area contributed by atoms with Crippen LogP contribution in [0.3, 0.4) is 0 Å². The van der Waals surface area contributed by atoms with Crippen molar-refractivity contribution in [3.05, 3.63) is 48.0 Å². The molecule has 0 unspecified atom stereocenters. The second kappa shape index (κ2) is 9.71. The van der Waals surface area contributed by atoms with E-state index in [1.165, 1.54) is 18.6 Å². The van der Waals surface area contributed by atoms with Crippen LogP contribution >= 0.6 is 0 Å². The predicted octanol–water partition coefficient (Wildman–Crippen LogP) is 0.664. The van der Waals surface area contributed by atoms with Crippen LogP contribution in [0.15, 0.2) is 36.8 Å². The molecule has 31 heavy (non-hydrogen) atoms. The molecule has 0 aliphatic carbocycles. The van der Waals surface area contributed by atoms with Gasteiger partial charge >= 0.3 is 0 Å². The largest absolute Gasteiger partial charge is 0.454 e. The second-order valence-corrected chi connectivity index (χ2v) is 7.34. The van der Waals surface area contributed by atoms with Gasteiger partial charge < -0.3 is 30.0 Å². The third-order valence-electron chi connectivity index (χ3n) is 5.29. The molecule has 10 heteroatoms. The number of hydrogen-bond acceptors (Lipinski definition) is 8. The highest BCUT2D eigenvalue weighted by Gasteiger charge is 2.32. The lowest BCUT2D eigenvalue weighted by Crippen LogP contribution is -2.51. The maximum atomic E-state index is 12.6. The molecule has 2 aliphatic rings. The molecule has 1 saturated heterocycles. The Labute approximate surface area is 178 Å². The van der Waals surface area contributed by atoms with E-state index in [1.807, 2.05) is 0 Å². The summed E-state index contributed by atoms with van der Waals surface area (Å²) in [7, 11) is 0. The summed E-state index contributed by atoms with van der Waals surface area (Å²) in [6, 6.07) is 4.69. The molecule has 0 saturated carbocycles. The van der Waals surface area contributed by atoms with Crippen LogP contribution in [0.25, 0.3) is 0 Å². The zero-order chi connectivity index (χ0) is 21.6. The fourth-order valence-corrected chi connectivity index (χ4v) is 3.65. The Morgan fingerprint density at radius 2 is 2.00 bits per heavy atom. The van der Waals surface area contributed by atoms with Gasteiger partial charge in [0.2, 0.25) is 6.79 Å². The van der Waals surface area contributed by atoms with Gasteiger partial charge in [-0.2, -0.15) is 0 Å². The Kier molecular flexibility index (Phi) is 6.58. The first-order valence-corrected chi connectivity index (χ1v) is 10.1. The number of aliphatic hydroxyl groups excluding tert-OH is 1. The minimum Gasteiger partial charge on any atom is -0.454 e. The average molecular weight is 428 g/mol. The Morgan fingerprint density at radius 3 is 2.81 bits per heavy atom. The summed E-state index contributed by atoms with van der Waals surface area (Å²) in [4.78, 5) is 32.5. The third-order valence-corrected chi connectivity index (χ3v) is 5.29. The first kappa shape index (κ1) is 21.0. The number of benzene rings is 1. The third kappa shape index (κ3) is 5.09. The molecule has 2 aliphatic heterocycles. The van der Waals surface area contributed by atoms with Gasteiger partial charge in [0.05, 0.1) is 24.9 Å². The number of ether oxygens (including phenoxy) is 3. The number of nitrogens with one attached hydrogen (secondary N) is 2. The highest BCUT2D eigenvalue weighted by atomic mass is 16.7. The number of nitrogens with zero attached hydrogens (tertiary/aromatic N) is 2. The highest BCUT2D eigenvalue weighted by molar-refractivity contribution is 5.95. The topological polar surface area (TPSA) is 132 Å². The Balaban J connectivity index is 1.25. The van der Waals surface area contributed by atoms with E-state index in [-0.39, 0.29) is 43.1 Å². The van der Waals surface area contributed by atoms with Crippen molar-refractivity contribution in [2.45, 2.75) is 37.5 Å². The number of rotatable bonds is 7. The zero-order valence-corrected chi connectivity index (χ0v) is 16.8. The van der Waals surface area contributed by atoms with Gasteiger partial charge in [0, 0.05) is 24.5 Å². The summed E-state index contributed by atoms with van der Waals surface area (Å²) in [5, 5.41) is 15.5. The summed E-state index contributed by atoms with van der Waals surface area (Å²) in [6.45, 7) is 0.338. The maximum absolute atomic E-state index is 12.6. The zero-order valence-electron chi connectivity index (χ0n) is 16.8. The van der Waals surface area contributed by atoms with Gasteiger partial charge in [-0.25, -0.2) is 4.98 Å². The van der Waals surface area contributed by atoms with Gasteiger partial charge in [-0.1, -0.05) is 0 Å². The molecule has 0 radical (unpaired) electrons. The molecule has 2 aromatic rings. The van der Waals surface area contributed by atoms with Gasteiger partial charge in [-0.3, -0.25) is 14.6 Å². The lowest BCUT2D eigenvalue weighted by molar-refractivity contribution is -0.0893. The molecule has 0 spiro atoms. The van der Waals surface area contributed by atoms with Gasteiger partial charge in [0.1, 0.15) is 11.8 Å². The van der Waals surface area contributed by atoms with E-state index in [2.05, 4.69) is 20.6 Å². The van der Waals surface area contributed by atoms with Crippen LogP contribution in [0.2, 0.25) is 0 Å². The summed E-state index contributed by atoms with van der Waals surface area (Å²) in [6.07, 6.45) is 5.67. The minimum absolute atomic E-state index is 0.127. The van der Waals surface area contributed by atoms with Crippen molar-refractivity contribution in [2.24, 2.45) is 0 Å². The molecule has 0 bridgehead atoms. The monoisotopic (exact) mass is 428 g/mol. The van der Waals surface area contributed by atoms with Crippen molar-refractivity contribution in [1.29, 1.82) is 0 Å². The van der Waals surface area contributed by atoms with Crippen LogP contribution in [0.5, 0.6) is 11.5 Å². The van der Waals surface area contributed by atoms with E-state index in [0.717, 1.165) is 0 Å². The Bertz CT molecular complexity index is 925. The quantitative estimate of drug-likeness (QED) is 0.586. The average Bonchev–Trinajstić information content (AvgIpc) is 3.28. The normalized spacial score (nSPS) is 22.0. The van der Waals surface area contributed by atoms with Gasteiger partial charge in [-0.15, -0.1) is 0 Å². The van der Waals surface area contributed by atoms with Crippen LogP contribution in [0, 0.1) is 0 Å². The second-order valence-electron chi connectivity index (χ2n) is 7.34. The Hall–Kier alpha value is -3.24. The highest BCUT2D eigenvalue weighted by Crippen LogP contribution is 2.32. The Morgan fingerprint density at radius 1 is 1.13 bits per heavy atom. The van der Waals surface area contributed by atoms with Crippen LogP contribution in [-0.4, -0.2) is 65.1 Å². The standard InChI is InChI=1S/C21H24N4O6/c26-11-19-15(25-20(27)13-1-4-17-18(9-13)30-12-29-17)3-2-14(31-19)5-6-24-21(28)16-10-22-7-8-23-16/h1,4,7-10,14-15,19,26H,2-3,5-6,11-12H2,(H,24,28)(H,25,27)/t14-,15+,19-/m1/s1. The molecular formula is C21H24N4O6. The molecule has 3 atom stereocenters. The van der Waals surface area contributed by atoms with Crippen LogP contribution in [0.1, 0.15) is 40.1 Å². The number of amides is 2. The molecule has 2 amide bonds. The van der Waals surface area contributed by atoms with Gasteiger partial charge in [0.15, 0.2) is 11.5 Å². The van der Waals surface area contributed by atoms with E-state index in [9.17, 15) is 14.7 Å². The number of carbonyl (C=O) groups is 2. The van der Waals surface area contributed by atoms with Crippen molar-refractivity contribution >= 4 is 11.8 Å². The predicted molar refractivity (Wildman–Crippen MR) is 108 cm³/mol. The lowest BCUT2D eigenvalue weighted by atomic mass is 9.96. The van der Waals surface area contributed by atoms with Crippen molar-refractivity contribution in [2.75, 3.05) is 19.9 Å². The first-order valence-electron chi connectivity index (χ1n) is 10.1. The summed E-state index contributed by atoms with van der Waals surface area (Å²) in [5.74, 6) is 0.589. The van der Waals surface area contributed by atoms with Crippen molar-refractivity contribution in [1.82, 2.24) is 20.6 Å². The van der Waals surface area contributed by atoms with E-state index >= 15 is 0 Å². The molecule has 4 rings (SSSR count). The summed E-state index contributed by atoms with van der Waals surface area (Å²) in [5.41, 5.74) is 0.710. The minimum atomic E-state index is -0.521. The van der Waals surface area contributed by atoms with E-state index < -0.39 is 6.10 Å². The van der Waals surface area contributed by atoms with Crippen LogP contribution in [0.4, 0.5) is 0 Å². The SMILES string of the molecule is O=C(N[C@H]1CC[C@H](CCNC(=O)c2cnccn2)O[C@@H]1CO)c1ccc2c(c1)OCO2. The maximum Gasteiger partial charge on any atom is 0.271 e. The molecular weight excluding hydrogens is 404 g/mol. The molecule has 1 aromatic carbocycles. The molecule has 10 nitrogen and oxygen atoms in total. The van der Waals surface area contributed by atoms with Crippen molar-refractivity contribution < 1.29 is 28.9 Å². The summed E-state index contributed by atoms with van der Waals surface area (Å²) >= 11 is 0. The molecule has 1 aromatic heterocycles. The number of fused-ring (bicyclic) bond motifs is 1. The van der Waals surface area contributed by atoms with E-state index in [1.54, 1.807) is 18.2 Å². The van der Waals surface area contributed by atoms with Gasteiger partial charge in [-0.05, 0) is 37.5 Å². The van der Waals surface area contributed by atoms with Crippen LogP contribution < -0.4 is 20.1 Å². The van der Waals surface area contributed by atoms with E-state index in [4.69, 9.17) is 14.2 Å². The lowest BCUT2D eigenvalue weighted by Gasteiger charge is -2.36. The molecule has 1 fully saturated rings. The van der Waals surface area contributed by atoms with Crippen LogP contribution in [-0.2, 0) is 4.74 Å². The number of hydrogen-bond donors (Lipinski definition) is 3. The fraction of sp³-hybridized carbons (Fsp3) is 0.429. The molecule has 3 N–H and O–H groups in total. The smallest absolute Gasteiger partial charge is 0.271 e. The van der Waals surface area contributed by atoms with Crippen molar-refractivity contribution in [3.8, 4) is 11.5 Å². The van der Waals surface area contributed by atoms with E-state index in [0.29, 0.717) is 42.9 Å². The van der Waals surface area contributed by atoms with Crippen molar-refractivity contribution in [3.63, 3.8) is 0 Å². The number of carbonyl (C=O) groups excluding carboxylic acids is 2. The van der Waals surface area contributed by atoms with Gasteiger partial charge in [0.25, 0.3) is 11.8 Å². The molecule has 3 heterocycles. The fourth-order valence-electron chi connectivity index (χ4n) is 3.65. The summed E-state index contributed by atoms with van der Waals surface area (Å²) < 4.78 is 16.5. The molecule has 164 valence electrons. The number of aliphatic hydroxyl groups is 1. The first-order chi connectivity index (χ1) is 15.1.